The fraction of sp³-hybridized carbons (Fsp3) is 0.889. The van der Waals surface area contributed by atoms with Crippen LogP contribution in [0.15, 0.2) is 0 Å². The number of ketones is 1. The van der Waals surface area contributed by atoms with Crippen molar-refractivity contribution in [3.05, 3.63) is 0 Å². The molecule has 0 heterocycles. The molecule has 2 saturated carbocycles. The summed E-state index contributed by atoms with van der Waals surface area (Å²) in [6.45, 7) is 2.14. The number of carbonyl (C=O) groups is 1. The minimum Gasteiger partial charge on any atom is -0.299 e. The van der Waals surface area contributed by atoms with Crippen LogP contribution in [-0.4, -0.2) is 5.78 Å². The Bertz CT molecular complexity index is 162. The highest BCUT2D eigenvalue weighted by molar-refractivity contribution is 5.86. The summed E-state index contributed by atoms with van der Waals surface area (Å²) in [6.07, 6.45) is 4.83. The number of fused-ring (bicyclic) bond motifs is 2. The average Bonchev–Trinajstić information content (AvgIpc) is 2.46. The van der Waals surface area contributed by atoms with Crippen LogP contribution in [0.1, 0.15) is 32.6 Å². The van der Waals surface area contributed by atoms with E-state index in [0.29, 0.717) is 17.6 Å². The number of carbonyl (C=O) groups excluding carboxylic acids is 1. The lowest BCUT2D eigenvalue weighted by atomic mass is 9.86. The average molecular weight is 138 g/mol. The molecule has 1 heteroatoms. The first kappa shape index (κ1) is 6.38. The largest absolute Gasteiger partial charge is 0.299 e. The highest BCUT2D eigenvalue weighted by Gasteiger charge is 2.45. The van der Waals surface area contributed by atoms with Crippen molar-refractivity contribution in [3.8, 4) is 0 Å². The fourth-order valence-corrected chi connectivity index (χ4v) is 2.71. The van der Waals surface area contributed by atoms with E-state index in [2.05, 4.69) is 6.92 Å². The summed E-state index contributed by atoms with van der Waals surface area (Å²) >= 11 is 0. The van der Waals surface area contributed by atoms with Gasteiger partial charge in [0.25, 0.3) is 0 Å². The zero-order chi connectivity index (χ0) is 7.14. The van der Waals surface area contributed by atoms with Crippen molar-refractivity contribution >= 4 is 5.78 Å². The summed E-state index contributed by atoms with van der Waals surface area (Å²) in [5.41, 5.74) is 0. The normalized spacial score (nSPS) is 44.9. The van der Waals surface area contributed by atoms with Crippen LogP contribution in [0.25, 0.3) is 0 Å². The van der Waals surface area contributed by atoms with E-state index in [1.165, 1.54) is 19.3 Å². The van der Waals surface area contributed by atoms with E-state index in [4.69, 9.17) is 0 Å². The molecule has 0 amide bonds. The highest BCUT2D eigenvalue weighted by Crippen LogP contribution is 2.46. The highest BCUT2D eigenvalue weighted by atomic mass is 16.1. The molecule has 1 nitrogen and oxygen atoms in total. The van der Waals surface area contributed by atoms with Crippen LogP contribution in [0.2, 0.25) is 0 Å². The maximum Gasteiger partial charge on any atom is 0.139 e. The fourth-order valence-electron chi connectivity index (χ4n) is 2.71. The number of Topliss-reactive ketones (excluding diaryl/α,β-unsaturated/α-hetero) is 1. The molecule has 2 bridgehead atoms. The Balaban J connectivity index is 2.17. The van der Waals surface area contributed by atoms with Crippen molar-refractivity contribution in [2.45, 2.75) is 32.6 Å². The van der Waals surface area contributed by atoms with Crippen LogP contribution in [0.3, 0.4) is 0 Å². The van der Waals surface area contributed by atoms with Crippen molar-refractivity contribution < 1.29 is 4.79 Å². The summed E-state index contributed by atoms with van der Waals surface area (Å²) in [5, 5.41) is 0. The van der Waals surface area contributed by atoms with Crippen molar-refractivity contribution in [2.24, 2.45) is 17.8 Å². The molecule has 2 fully saturated rings. The molecular weight excluding hydrogens is 124 g/mol. The van der Waals surface area contributed by atoms with Crippen LogP contribution in [0.5, 0.6) is 0 Å². The first-order valence-corrected chi connectivity index (χ1v) is 4.36. The lowest BCUT2D eigenvalue weighted by Crippen LogP contribution is -2.20. The minimum absolute atomic E-state index is 0.457. The number of hydrogen-bond acceptors (Lipinski definition) is 1. The molecule has 0 radical (unpaired) electrons. The summed E-state index contributed by atoms with van der Waals surface area (Å²) in [4.78, 5) is 11.4. The number of rotatable bonds is 1. The third-order valence-corrected chi connectivity index (χ3v) is 3.25. The molecule has 0 aromatic rings. The van der Waals surface area contributed by atoms with E-state index < -0.39 is 0 Å². The third kappa shape index (κ3) is 0.664. The molecule has 3 unspecified atom stereocenters. The molecule has 56 valence electrons. The van der Waals surface area contributed by atoms with Crippen molar-refractivity contribution in [2.75, 3.05) is 0 Å². The predicted octanol–water partition coefficient (Wildman–Crippen LogP) is 2.01. The Morgan fingerprint density at radius 1 is 1.50 bits per heavy atom. The lowest BCUT2D eigenvalue weighted by molar-refractivity contribution is -0.125. The van der Waals surface area contributed by atoms with Gasteiger partial charge in [-0.15, -0.1) is 0 Å². The van der Waals surface area contributed by atoms with Gasteiger partial charge in [0, 0.05) is 11.8 Å². The molecule has 0 aliphatic heterocycles. The second-order valence-electron chi connectivity index (χ2n) is 3.69. The zero-order valence-corrected chi connectivity index (χ0v) is 6.47. The van der Waals surface area contributed by atoms with E-state index in [1.807, 2.05) is 0 Å². The molecule has 2 rings (SSSR count). The van der Waals surface area contributed by atoms with Gasteiger partial charge in [0.1, 0.15) is 5.78 Å². The van der Waals surface area contributed by atoms with Crippen LogP contribution in [0.4, 0.5) is 0 Å². The van der Waals surface area contributed by atoms with E-state index >= 15 is 0 Å². The molecule has 2 aliphatic rings. The lowest BCUT2D eigenvalue weighted by Gasteiger charge is -2.17. The van der Waals surface area contributed by atoms with Crippen LogP contribution >= 0.6 is 0 Å². The third-order valence-electron chi connectivity index (χ3n) is 3.25. The van der Waals surface area contributed by atoms with Gasteiger partial charge in [-0.2, -0.15) is 0 Å². The molecule has 0 spiro atoms. The van der Waals surface area contributed by atoms with Gasteiger partial charge in [0.15, 0.2) is 0 Å². The van der Waals surface area contributed by atoms with Crippen LogP contribution in [-0.2, 0) is 4.79 Å². The summed E-state index contributed by atoms with van der Waals surface area (Å²) in [5.74, 6) is 2.30. The molecule has 0 saturated heterocycles. The van der Waals surface area contributed by atoms with Gasteiger partial charge in [0.05, 0.1) is 0 Å². The molecular formula is C9H14O. The molecule has 3 atom stereocenters. The van der Waals surface area contributed by atoms with Gasteiger partial charge in [-0.25, -0.2) is 0 Å². The van der Waals surface area contributed by atoms with E-state index in [9.17, 15) is 4.79 Å². The van der Waals surface area contributed by atoms with E-state index in [0.717, 1.165) is 12.3 Å². The maximum absolute atomic E-state index is 11.4. The SMILES string of the molecule is CCC1C(=O)C2CCC1C2. The first-order valence-electron chi connectivity index (χ1n) is 4.36. The predicted molar refractivity (Wildman–Crippen MR) is 39.6 cm³/mol. The monoisotopic (exact) mass is 138 g/mol. The van der Waals surface area contributed by atoms with Gasteiger partial charge in [0.2, 0.25) is 0 Å². The topological polar surface area (TPSA) is 17.1 Å². The van der Waals surface area contributed by atoms with Crippen LogP contribution < -0.4 is 0 Å². The maximum atomic E-state index is 11.4. The van der Waals surface area contributed by atoms with Gasteiger partial charge in [-0.05, 0) is 31.6 Å². The standard InChI is InChI=1S/C9H14O/c1-2-8-6-3-4-7(5-6)9(8)10/h6-8H,2-5H2,1H3. The van der Waals surface area contributed by atoms with Gasteiger partial charge in [-0.1, -0.05) is 6.92 Å². The molecule has 0 N–H and O–H groups in total. The Morgan fingerprint density at radius 3 is 2.70 bits per heavy atom. The molecule has 0 aromatic heterocycles. The van der Waals surface area contributed by atoms with Crippen molar-refractivity contribution in [1.82, 2.24) is 0 Å². The Morgan fingerprint density at radius 2 is 2.30 bits per heavy atom. The smallest absolute Gasteiger partial charge is 0.139 e. The zero-order valence-electron chi connectivity index (χ0n) is 6.47. The van der Waals surface area contributed by atoms with Crippen molar-refractivity contribution in [1.29, 1.82) is 0 Å². The van der Waals surface area contributed by atoms with Gasteiger partial charge >= 0.3 is 0 Å². The van der Waals surface area contributed by atoms with Gasteiger partial charge in [-0.3, -0.25) is 4.79 Å². The second kappa shape index (κ2) is 2.08. The Labute approximate surface area is 61.8 Å². The summed E-state index contributed by atoms with van der Waals surface area (Å²) in [6, 6.07) is 0. The first-order chi connectivity index (χ1) is 4.83. The minimum atomic E-state index is 0.457. The van der Waals surface area contributed by atoms with Gasteiger partial charge < -0.3 is 0 Å². The summed E-state index contributed by atoms with van der Waals surface area (Å²) < 4.78 is 0. The Kier molecular flexibility index (Phi) is 1.33. The second-order valence-corrected chi connectivity index (χ2v) is 3.69. The molecule has 10 heavy (non-hydrogen) atoms. The molecule has 0 aromatic carbocycles. The van der Waals surface area contributed by atoms with Crippen LogP contribution in [0, 0.1) is 17.8 Å². The quantitative estimate of drug-likeness (QED) is 0.541. The van der Waals surface area contributed by atoms with E-state index in [1.54, 1.807) is 0 Å². The molecule has 2 aliphatic carbocycles. The number of hydrogen-bond donors (Lipinski definition) is 0. The van der Waals surface area contributed by atoms with E-state index in [-0.39, 0.29) is 0 Å². The Hall–Kier alpha value is -0.330. The van der Waals surface area contributed by atoms with Crippen molar-refractivity contribution in [3.63, 3.8) is 0 Å². The summed E-state index contributed by atoms with van der Waals surface area (Å²) in [7, 11) is 0.